The standard InChI is InChI=1S/C12H13NO2/c1-15-12(14)10-6-4-9(5-7-10)11-3-2-8-13-11/h3-7,13H,2,8H2,1H3. The minimum atomic E-state index is -0.296. The molecule has 0 radical (unpaired) electrons. The van der Waals surface area contributed by atoms with E-state index in [1.54, 1.807) is 12.1 Å². The van der Waals surface area contributed by atoms with Gasteiger partial charge in [-0.2, -0.15) is 0 Å². The number of ether oxygens (including phenoxy) is 1. The van der Waals surface area contributed by atoms with E-state index in [1.807, 2.05) is 12.1 Å². The van der Waals surface area contributed by atoms with Gasteiger partial charge in [-0.1, -0.05) is 18.2 Å². The van der Waals surface area contributed by atoms with Gasteiger partial charge in [-0.05, 0) is 24.1 Å². The first-order chi connectivity index (χ1) is 7.31. The number of carbonyl (C=O) groups is 1. The molecule has 0 fully saturated rings. The van der Waals surface area contributed by atoms with Gasteiger partial charge in [0.05, 0.1) is 12.7 Å². The lowest BCUT2D eigenvalue weighted by molar-refractivity contribution is 0.0601. The molecule has 0 aromatic heterocycles. The molecule has 0 unspecified atom stereocenters. The molecule has 0 aliphatic carbocycles. The van der Waals surface area contributed by atoms with Gasteiger partial charge in [0.1, 0.15) is 0 Å². The van der Waals surface area contributed by atoms with Gasteiger partial charge in [-0.25, -0.2) is 4.79 Å². The lowest BCUT2D eigenvalue weighted by atomic mass is 10.1. The molecule has 0 amide bonds. The van der Waals surface area contributed by atoms with E-state index in [1.165, 1.54) is 7.11 Å². The molecule has 1 aliphatic rings. The maximum absolute atomic E-state index is 11.2. The number of rotatable bonds is 2. The summed E-state index contributed by atoms with van der Waals surface area (Å²) < 4.78 is 4.63. The van der Waals surface area contributed by atoms with Crippen LogP contribution in [0.1, 0.15) is 22.3 Å². The highest BCUT2D eigenvalue weighted by atomic mass is 16.5. The maximum Gasteiger partial charge on any atom is 0.337 e. The Morgan fingerprint density at radius 2 is 2.07 bits per heavy atom. The Bertz CT molecular complexity index is 393. The zero-order valence-corrected chi connectivity index (χ0v) is 8.62. The van der Waals surface area contributed by atoms with E-state index in [2.05, 4.69) is 16.1 Å². The van der Waals surface area contributed by atoms with Gasteiger partial charge in [0.15, 0.2) is 0 Å². The molecule has 78 valence electrons. The Hall–Kier alpha value is -1.77. The molecule has 0 atom stereocenters. The quantitative estimate of drug-likeness (QED) is 0.745. The third kappa shape index (κ3) is 2.01. The molecular formula is C12H13NO2. The van der Waals surface area contributed by atoms with Gasteiger partial charge in [0.25, 0.3) is 0 Å². The Morgan fingerprint density at radius 1 is 1.33 bits per heavy atom. The van der Waals surface area contributed by atoms with Crippen LogP contribution < -0.4 is 5.32 Å². The molecule has 0 bridgehead atoms. The van der Waals surface area contributed by atoms with Crippen molar-refractivity contribution in [2.24, 2.45) is 0 Å². The van der Waals surface area contributed by atoms with Crippen LogP contribution in [-0.4, -0.2) is 19.6 Å². The van der Waals surface area contributed by atoms with Crippen molar-refractivity contribution in [1.82, 2.24) is 5.32 Å². The minimum Gasteiger partial charge on any atom is -0.465 e. The number of methoxy groups -OCH3 is 1. The Balaban J connectivity index is 2.20. The molecule has 1 aromatic carbocycles. The highest BCUT2D eigenvalue weighted by Crippen LogP contribution is 2.16. The van der Waals surface area contributed by atoms with Gasteiger partial charge in [0.2, 0.25) is 0 Å². The number of carbonyl (C=O) groups excluding carboxylic acids is 1. The van der Waals surface area contributed by atoms with Crippen LogP contribution >= 0.6 is 0 Å². The summed E-state index contributed by atoms with van der Waals surface area (Å²) in [6.45, 7) is 0.994. The predicted octanol–water partition coefficient (Wildman–Crippen LogP) is 1.81. The van der Waals surface area contributed by atoms with E-state index in [4.69, 9.17) is 0 Å². The summed E-state index contributed by atoms with van der Waals surface area (Å²) in [5.74, 6) is -0.296. The molecular weight excluding hydrogens is 190 g/mol. The molecule has 1 N–H and O–H groups in total. The van der Waals surface area contributed by atoms with Crippen LogP contribution in [0.3, 0.4) is 0 Å². The average molecular weight is 203 g/mol. The van der Waals surface area contributed by atoms with Crippen LogP contribution in [0.15, 0.2) is 30.3 Å². The van der Waals surface area contributed by atoms with Crippen molar-refractivity contribution in [1.29, 1.82) is 0 Å². The third-order valence-corrected chi connectivity index (χ3v) is 2.43. The number of hydrogen-bond acceptors (Lipinski definition) is 3. The fourth-order valence-electron chi connectivity index (χ4n) is 1.62. The number of hydrogen-bond donors (Lipinski definition) is 1. The molecule has 0 saturated carbocycles. The van der Waals surface area contributed by atoms with Crippen LogP contribution in [0.5, 0.6) is 0 Å². The van der Waals surface area contributed by atoms with Gasteiger partial charge in [-0.3, -0.25) is 0 Å². The van der Waals surface area contributed by atoms with E-state index < -0.39 is 0 Å². The average Bonchev–Trinajstić information content (AvgIpc) is 2.82. The molecule has 15 heavy (non-hydrogen) atoms. The summed E-state index contributed by atoms with van der Waals surface area (Å²) in [5, 5.41) is 3.28. The summed E-state index contributed by atoms with van der Waals surface area (Å²) in [5.41, 5.74) is 2.84. The molecule has 1 aromatic rings. The lowest BCUT2D eigenvalue weighted by Crippen LogP contribution is -2.06. The molecule has 0 spiro atoms. The van der Waals surface area contributed by atoms with E-state index in [9.17, 15) is 4.79 Å². The summed E-state index contributed by atoms with van der Waals surface area (Å²) >= 11 is 0. The van der Waals surface area contributed by atoms with Gasteiger partial charge < -0.3 is 10.1 Å². The van der Waals surface area contributed by atoms with Crippen LogP contribution in [0.2, 0.25) is 0 Å². The third-order valence-electron chi connectivity index (χ3n) is 2.43. The van der Waals surface area contributed by atoms with E-state index in [0.717, 1.165) is 24.2 Å². The smallest absolute Gasteiger partial charge is 0.337 e. The van der Waals surface area contributed by atoms with Gasteiger partial charge in [0, 0.05) is 12.2 Å². The van der Waals surface area contributed by atoms with Gasteiger partial charge in [-0.15, -0.1) is 0 Å². The fraction of sp³-hybridized carbons (Fsp3) is 0.250. The van der Waals surface area contributed by atoms with Crippen molar-refractivity contribution in [3.63, 3.8) is 0 Å². The van der Waals surface area contributed by atoms with Gasteiger partial charge >= 0.3 is 5.97 Å². The molecule has 3 heteroatoms. The van der Waals surface area contributed by atoms with Crippen LogP contribution in [0.25, 0.3) is 5.70 Å². The largest absolute Gasteiger partial charge is 0.465 e. The molecule has 1 heterocycles. The second kappa shape index (κ2) is 4.17. The zero-order chi connectivity index (χ0) is 10.7. The van der Waals surface area contributed by atoms with Crippen LogP contribution in [-0.2, 0) is 4.74 Å². The second-order valence-corrected chi connectivity index (χ2v) is 3.40. The minimum absolute atomic E-state index is 0.296. The Morgan fingerprint density at radius 3 is 2.60 bits per heavy atom. The fourth-order valence-corrected chi connectivity index (χ4v) is 1.62. The second-order valence-electron chi connectivity index (χ2n) is 3.40. The van der Waals surface area contributed by atoms with Crippen molar-refractivity contribution in [3.05, 3.63) is 41.5 Å². The van der Waals surface area contributed by atoms with Crippen molar-refractivity contribution >= 4 is 11.7 Å². The first kappa shape index (κ1) is 9.77. The normalized spacial score (nSPS) is 14.3. The van der Waals surface area contributed by atoms with Crippen molar-refractivity contribution < 1.29 is 9.53 Å². The molecule has 0 saturated heterocycles. The highest BCUT2D eigenvalue weighted by molar-refractivity contribution is 5.89. The van der Waals surface area contributed by atoms with Crippen molar-refractivity contribution in [3.8, 4) is 0 Å². The van der Waals surface area contributed by atoms with E-state index >= 15 is 0 Å². The zero-order valence-electron chi connectivity index (χ0n) is 8.62. The summed E-state index contributed by atoms with van der Waals surface area (Å²) in [6.07, 6.45) is 3.22. The molecule has 2 rings (SSSR count). The SMILES string of the molecule is COC(=O)c1ccc(C2=CCCN2)cc1. The van der Waals surface area contributed by atoms with Crippen molar-refractivity contribution in [2.75, 3.05) is 13.7 Å². The van der Waals surface area contributed by atoms with Crippen LogP contribution in [0, 0.1) is 0 Å². The summed E-state index contributed by atoms with van der Waals surface area (Å²) in [4.78, 5) is 11.2. The maximum atomic E-state index is 11.2. The molecule has 3 nitrogen and oxygen atoms in total. The monoisotopic (exact) mass is 203 g/mol. The Labute approximate surface area is 88.8 Å². The van der Waals surface area contributed by atoms with Crippen molar-refractivity contribution in [2.45, 2.75) is 6.42 Å². The predicted molar refractivity (Wildman–Crippen MR) is 58.4 cm³/mol. The summed E-state index contributed by atoms with van der Waals surface area (Å²) in [7, 11) is 1.39. The lowest BCUT2D eigenvalue weighted by Gasteiger charge is -2.05. The molecule has 1 aliphatic heterocycles. The van der Waals surface area contributed by atoms with E-state index in [-0.39, 0.29) is 5.97 Å². The summed E-state index contributed by atoms with van der Waals surface area (Å²) in [6, 6.07) is 7.41. The van der Waals surface area contributed by atoms with Crippen LogP contribution in [0.4, 0.5) is 0 Å². The topological polar surface area (TPSA) is 38.3 Å². The highest BCUT2D eigenvalue weighted by Gasteiger charge is 2.08. The first-order valence-electron chi connectivity index (χ1n) is 4.94. The first-order valence-corrected chi connectivity index (χ1v) is 4.94. The number of nitrogens with one attached hydrogen (secondary N) is 1. The Kier molecular flexibility index (Phi) is 2.72. The number of esters is 1. The number of benzene rings is 1. The van der Waals surface area contributed by atoms with E-state index in [0.29, 0.717) is 5.56 Å².